The van der Waals surface area contributed by atoms with Gasteiger partial charge in [-0.2, -0.15) is 0 Å². The van der Waals surface area contributed by atoms with Gasteiger partial charge < -0.3 is 4.43 Å². The summed E-state index contributed by atoms with van der Waals surface area (Å²) in [6.07, 6.45) is 6.78. The Kier molecular flexibility index (Phi) is 6.69. The van der Waals surface area contributed by atoms with E-state index in [1.54, 1.807) is 0 Å². The van der Waals surface area contributed by atoms with Gasteiger partial charge in [-0.3, -0.25) is 0 Å². The molecule has 0 spiro atoms. The minimum absolute atomic E-state index is 0.110. The van der Waals surface area contributed by atoms with Crippen LogP contribution in [0.15, 0.2) is 0 Å². The highest BCUT2D eigenvalue weighted by molar-refractivity contribution is 5.98. The van der Waals surface area contributed by atoms with Gasteiger partial charge in [0.25, 0.3) is 0 Å². The summed E-state index contributed by atoms with van der Waals surface area (Å²) in [5, 5.41) is 0. The Balaban J connectivity index is 3.55. The first-order valence-corrected chi connectivity index (χ1v) is 6.41. The quantitative estimate of drug-likeness (QED) is 0.455. The second-order valence-corrected chi connectivity index (χ2v) is 4.97. The van der Waals surface area contributed by atoms with E-state index in [0.717, 1.165) is 10.5 Å². The summed E-state index contributed by atoms with van der Waals surface area (Å²) < 4.78 is 5.60. The van der Waals surface area contributed by atoms with E-state index >= 15 is 0 Å². The van der Waals surface area contributed by atoms with Crippen molar-refractivity contribution in [2.24, 2.45) is 5.92 Å². The van der Waals surface area contributed by atoms with Crippen LogP contribution < -0.4 is 0 Å². The predicted molar refractivity (Wildman–Crippen MR) is 63.0 cm³/mol. The lowest BCUT2D eigenvalue weighted by Gasteiger charge is -2.31. The molecule has 2 heteroatoms. The Morgan fingerprint density at radius 3 is 2.31 bits per heavy atom. The average molecular weight is 202 g/mol. The Morgan fingerprint density at radius 2 is 1.85 bits per heavy atom. The first-order chi connectivity index (χ1) is 6.04. The maximum atomic E-state index is 5.60. The van der Waals surface area contributed by atoms with E-state index in [1.807, 2.05) is 0 Å². The van der Waals surface area contributed by atoms with Gasteiger partial charge in [-0.1, -0.05) is 39.5 Å². The van der Waals surface area contributed by atoms with Crippen molar-refractivity contribution in [3.8, 4) is 0 Å². The predicted octanol–water partition coefficient (Wildman–Crippen LogP) is 2.67. The topological polar surface area (TPSA) is 9.23 Å². The van der Waals surface area contributed by atoms with Crippen LogP contribution in [-0.2, 0) is 4.43 Å². The van der Waals surface area contributed by atoms with E-state index in [-0.39, 0.29) is 5.60 Å². The zero-order valence-corrected chi connectivity index (χ0v) is 12.0. The first-order valence-electron chi connectivity index (χ1n) is 5.59. The lowest BCUT2D eigenvalue weighted by molar-refractivity contribution is 0.0562. The molecule has 0 aliphatic carbocycles. The third-order valence-electron chi connectivity index (χ3n) is 3.20. The molecule has 0 bridgehead atoms. The molecule has 0 amide bonds. The van der Waals surface area contributed by atoms with Gasteiger partial charge in [0.05, 0.1) is 5.60 Å². The van der Waals surface area contributed by atoms with E-state index < -0.39 is 0 Å². The molecule has 0 heterocycles. The standard InChI is InChI=1S/C11H26OSi/c1-5-6-7-8-9-10(2)11(3,4)12-13/h10H,5-9H2,1-4,13H3. The van der Waals surface area contributed by atoms with Crippen molar-refractivity contribution in [2.75, 3.05) is 0 Å². The minimum atomic E-state index is 0.110. The zero-order chi connectivity index (χ0) is 10.3. The average Bonchev–Trinajstić information content (AvgIpc) is 2.12. The Labute approximate surface area is 86.8 Å². The largest absolute Gasteiger partial charge is 0.423 e. The first kappa shape index (κ1) is 13.2. The van der Waals surface area contributed by atoms with Crippen LogP contribution in [0.3, 0.4) is 0 Å². The molecule has 13 heavy (non-hydrogen) atoms. The summed E-state index contributed by atoms with van der Waals surface area (Å²) in [6.45, 7) is 8.99. The molecule has 1 nitrogen and oxygen atoms in total. The van der Waals surface area contributed by atoms with E-state index in [0.29, 0.717) is 5.92 Å². The molecule has 80 valence electrons. The lowest BCUT2D eigenvalue weighted by Crippen LogP contribution is -2.31. The maximum absolute atomic E-state index is 5.60. The summed E-state index contributed by atoms with van der Waals surface area (Å²) in [5.74, 6) is 0.696. The zero-order valence-electron chi connectivity index (χ0n) is 10.0. The number of hydrogen-bond donors (Lipinski definition) is 0. The van der Waals surface area contributed by atoms with Crippen LogP contribution in [0.5, 0.6) is 0 Å². The molecule has 1 atom stereocenters. The van der Waals surface area contributed by atoms with Gasteiger partial charge in [-0.15, -0.1) is 0 Å². The molecule has 0 aliphatic heterocycles. The Hall–Kier alpha value is 0.177. The summed E-state index contributed by atoms with van der Waals surface area (Å²) in [5.41, 5.74) is 0.110. The minimum Gasteiger partial charge on any atom is -0.423 e. The Morgan fingerprint density at radius 1 is 1.23 bits per heavy atom. The Bertz CT molecular complexity index is 123. The second kappa shape index (κ2) is 6.60. The van der Waals surface area contributed by atoms with Crippen LogP contribution in [0.2, 0.25) is 0 Å². The molecular formula is C11H26OSi. The van der Waals surface area contributed by atoms with Gasteiger partial charge in [0.15, 0.2) is 0 Å². The van der Waals surface area contributed by atoms with Crippen molar-refractivity contribution in [1.82, 2.24) is 0 Å². The number of rotatable bonds is 7. The molecule has 0 aromatic rings. The molecule has 0 saturated heterocycles. The van der Waals surface area contributed by atoms with Gasteiger partial charge in [0.1, 0.15) is 10.5 Å². The monoisotopic (exact) mass is 202 g/mol. The van der Waals surface area contributed by atoms with Crippen LogP contribution in [0.4, 0.5) is 0 Å². The van der Waals surface area contributed by atoms with Gasteiger partial charge in [0.2, 0.25) is 0 Å². The maximum Gasteiger partial charge on any atom is 0.146 e. The van der Waals surface area contributed by atoms with Crippen molar-refractivity contribution in [1.29, 1.82) is 0 Å². The van der Waals surface area contributed by atoms with Crippen LogP contribution in [0.1, 0.15) is 59.8 Å². The van der Waals surface area contributed by atoms with Crippen molar-refractivity contribution in [3.63, 3.8) is 0 Å². The highest BCUT2D eigenvalue weighted by atomic mass is 28.2. The third kappa shape index (κ3) is 5.48. The normalized spacial score (nSPS) is 14.8. The van der Waals surface area contributed by atoms with Crippen molar-refractivity contribution in [3.05, 3.63) is 0 Å². The summed E-state index contributed by atoms with van der Waals surface area (Å²) >= 11 is 0. The van der Waals surface area contributed by atoms with Crippen LogP contribution >= 0.6 is 0 Å². The van der Waals surface area contributed by atoms with Crippen molar-refractivity contribution >= 4 is 10.5 Å². The van der Waals surface area contributed by atoms with E-state index in [2.05, 4.69) is 27.7 Å². The van der Waals surface area contributed by atoms with Crippen LogP contribution in [-0.4, -0.2) is 16.1 Å². The number of unbranched alkanes of at least 4 members (excludes halogenated alkanes) is 3. The smallest absolute Gasteiger partial charge is 0.146 e. The SMILES string of the molecule is CCCCCCC(C)C(C)(C)O[SiH3]. The molecule has 0 fully saturated rings. The van der Waals surface area contributed by atoms with Crippen molar-refractivity contribution in [2.45, 2.75) is 65.4 Å². The van der Waals surface area contributed by atoms with Crippen molar-refractivity contribution < 1.29 is 4.43 Å². The molecule has 1 unspecified atom stereocenters. The van der Waals surface area contributed by atoms with Gasteiger partial charge in [-0.25, -0.2) is 0 Å². The second-order valence-electron chi connectivity index (χ2n) is 4.56. The highest BCUT2D eigenvalue weighted by Crippen LogP contribution is 2.24. The fourth-order valence-corrected chi connectivity index (χ4v) is 1.83. The molecule has 0 aromatic heterocycles. The molecule has 0 aliphatic rings. The third-order valence-corrected chi connectivity index (χ3v) is 4.26. The molecule has 0 radical (unpaired) electrons. The molecule has 0 rings (SSSR count). The fourth-order valence-electron chi connectivity index (χ4n) is 1.43. The highest BCUT2D eigenvalue weighted by Gasteiger charge is 2.23. The fraction of sp³-hybridized carbons (Fsp3) is 1.00. The molecule has 0 aromatic carbocycles. The van der Waals surface area contributed by atoms with Gasteiger partial charge >= 0.3 is 0 Å². The summed E-state index contributed by atoms with van der Waals surface area (Å²) in [7, 11) is 0.855. The number of hydrogen-bond acceptors (Lipinski definition) is 1. The molecule has 0 saturated carbocycles. The summed E-state index contributed by atoms with van der Waals surface area (Å²) in [6, 6.07) is 0. The van der Waals surface area contributed by atoms with E-state index in [1.165, 1.54) is 32.1 Å². The van der Waals surface area contributed by atoms with E-state index in [4.69, 9.17) is 4.43 Å². The van der Waals surface area contributed by atoms with Crippen LogP contribution in [0.25, 0.3) is 0 Å². The van der Waals surface area contributed by atoms with Gasteiger partial charge in [0, 0.05) is 0 Å². The van der Waals surface area contributed by atoms with Gasteiger partial charge in [-0.05, 0) is 26.2 Å². The molecular weight excluding hydrogens is 176 g/mol. The lowest BCUT2D eigenvalue weighted by atomic mass is 9.88. The summed E-state index contributed by atoms with van der Waals surface area (Å²) in [4.78, 5) is 0. The van der Waals surface area contributed by atoms with E-state index in [9.17, 15) is 0 Å². The molecule has 0 N–H and O–H groups in total. The van der Waals surface area contributed by atoms with Crippen LogP contribution in [0, 0.1) is 5.92 Å².